The molecule has 2 aromatic carbocycles. The fourth-order valence-corrected chi connectivity index (χ4v) is 2.98. The minimum absolute atomic E-state index is 0.0190. The Labute approximate surface area is 134 Å². The first kappa shape index (κ1) is 16.0. The average molecular weight is 372 g/mol. The van der Waals surface area contributed by atoms with Gasteiger partial charge in [0.05, 0.1) is 11.4 Å². The lowest BCUT2D eigenvalue weighted by molar-refractivity contribution is -0.113. The molecule has 0 heterocycles. The molecule has 2 rings (SSSR count). The number of carbonyl (C=O) groups excluding carboxylic acids is 1. The minimum Gasteiger partial charge on any atom is -0.323 e. The highest BCUT2D eigenvalue weighted by atomic mass is 79.9. The molecule has 0 spiro atoms. The molecule has 0 aromatic heterocycles. The average Bonchev–Trinajstić information content (AvgIpc) is 2.41. The van der Waals surface area contributed by atoms with Gasteiger partial charge < -0.3 is 5.32 Å². The van der Waals surface area contributed by atoms with E-state index in [0.717, 1.165) is 27.1 Å². The van der Waals surface area contributed by atoms with Gasteiger partial charge >= 0.3 is 0 Å². The van der Waals surface area contributed by atoms with Gasteiger partial charge in [0.25, 0.3) is 0 Å². The summed E-state index contributed by atoms with van der Waals surface area (Å²) >= 11 is 4.74. The number of rotatable bonds is 4. The van der Waals surface area contributed by atoms with Crippen LogP contribution < -0.4 is 5.32 Å². The third kappa shape index (κ3) is 4.54. The third-order valence-electron chi connectivity index (χ3n) is 2.70. The number of carbonyl (C=O) groups is 1. The summed E-state index contributed by atoms with van der Waals surface area (Å²) in [4.78, 5) is 12.8. The summed E-state index contributed by atoms with van der Waals surface area (Å²) < 4.78 is 27.2. The zero-order valence-corrected chi connectivity index (χ0v) is 13.5. The molecule has 110 valence electrons. The number of benzene rings is 2. The van der Waals surface area contributed by atoms with Crippen molar-refractivity contribution in [1.82, 2.24) is 0 Å². The molecule has 0 saturated heterocycles. The SMILES string of the molecule is Cc1cc(Br)ccc1SCC(=O)Nc1ccc(F)cc1F. The molecule has 0 aliphatic carbocycles. The Bertz CT molecular complexity index is 679. The van der Waals surface area contributed by atoms with E-state index < -0.39 is 11.6 Å². The van der Waals surface area contributed by atoms with E-state index in [2.05, 4.69) is 21.2 Å². The summed E-state index contributed by atoms with van der Waals surface area (Å²) in [6, 6.07) is 8.81. The van der Waals surface area contributed by atoms with Gasteiger partial charge in [0.1, 0.15) is 11.6 Å². The van der Waals surface area contributed by atoms with E-state index in [4.69, 9.17) is 0 Å². The van der Waals surface area contributed by atoms with Gasteiger partial charge in [-0.3, -0.25) is 4.79 Å². The Hall–Kier alpha value is -1.40. The van der Waals surface area contributed by atoms with Crippen LogP contribution in [0.15, 0.2) is 45.8 Å². The van der Waals surface area contributed by atoms with Crippen LogP contribution in [0.25, 0.3) is 0 Å². The van der Waals surface area contributed by atoms with Crippen molar-refractivity contribution >= 4 is 39.3 Å². The predicted molar refractivity (Wildman–Crippen MR) is 84.6 cm³/mol. The Morgan fingerprint density at radius 1 is 1.24 bits per heavy atom. The van der Waals surface area contributed by atoms with Crippen molar-refractivity contribution < 1.29 is 13.6 Å². The first-order valence-electron chi connectivity index (χ1n) is 6.09. The molecule has 0 saturated carbocycles. The number of thioether (sulfide) groups is 1. The smallest absolute Gasteiger partial charge is 0.234 e. The Kier molecular flexibility index (Phi) is 5.36. The number of aryl methyl sites for hydroxylation is 1. The van der Waals surface area contributed by atoms with E-state index in [1.807, 2.05) is 25.1 Å². The maximum Gasteiger partial charge on any atom is 0.234 e. The van der Waals surface area contributed by atoms with Crippen LogP contribution in [-0.4, -0.2) is 11.7 Å². The van der Waals surface area contributed by atoms with Crippen LogP contribution in [0.3, 0.4) is 0 Å². The highest BCUT2D eigenvalue weighted by Gasteiger charge is 2.09. The second kappa shape index (κ2) is 7.04. The van der Waals surface area contributed by atoms with Crippen LogP contribution in [0.2, 0.25) is 0 Å². The zero-order valence-electron chi connectivity index (χ0n) is 11.1. The molecule has 2 aromatic rings. The largest absolute Gasteiger partial charge is 0.323 e. The number of nitrogens with one attached hydrogen (secondary N) is 1. The quantitative estimate of drug-likeness (QED) is 0.784. The molecule has 0 aliphatic rings. The summed E-state index contributed by atoms with van der Waals surface area (Å²) in [6.07, 6.45) is 0. The van der Waals surface area contributed by atoms with Gasteiger partial charge in [-0.2, -0.15) is 0 Å². The molecule has 6 heteroatoms. The molecule has 0 atom stereocenters. The molecular weight excluding hydrogens is 360 g/mol. The van der Waals surface area contributed by atoms with Crippen LogP contribution >= 0.6 is 27.7 Å². The van der Waals surface area contributed by atoms with Gasteiger partial charge in [0.15, 0.2) is 0 Å². The van der Waals surface area contributed by atoms with Gasteiger partial charge in [-0.25, -0.2) is 8.78 Å². The number of hydrogen-bond acceptors (Lipinski definition) is 2. The molecule has 0 aliphatic heterocycles. The van der Waals surface area contributed by atoms with Crippen LogP contribution in [0.1, 0.15) is 5.56 Å². The maximum absolute atomic E-state index is 13.4. The lowest BCUT2D eigenvalue weighted by atomic mass is 10.2. The number of amides is 1. The van der Waals surface area contributed by atoms with Crippen molar-refractivity contribution in [3.05, 3.63) is 58.1 Å². The second-order valence-electron chi connectivity index (χ2n) is 4.37. The molecule has 0 fully saturated rings. The van der Waals surface area contributed by atoms with E-state index in [9.17, 15) is 13.6 Å². The van der Waals surface area contributed by atoms with E-state index in [0.29, 0.717) is 0 Å². The summed E-state index contributed by atoms with van der Waals surface area (Å²) in [5.41, 5.74) is 1.03. The van der Waals surface area contributed by atoms with Gasteiger partial charge in [0, 0.05) is 15.4 Å². The van der Waals surface area contributed by atoms with Crippen molar-refractivity contribution in [1.29, 1.82) is 0 Å². The monoisotopic (exact) mass is 371 g/mol. The van der Waals surface area contributed by atoms with Gasteiger partial charge in [-0.1, -0.05) is 15.9 Å². The maximum atomic E-state index is 13.4. The van der Waals surface area contributed by atoms with Gasteiger partial charge in [-0.15, -0.1) is 11.8 Å². The molecule has 2 nitrogen and oxygen atoms in total. The van der Waals surface area contributed by atoms with Crippen molar-refractivity contribution in [2.75, 3.05) is 11.1 Å². The highest BCUT2D eigenvalue weighted by molar-refractivity contribution is 9.10. The predicted octanol–water partition coefficient (Wildman–Crippen LogP) is 4.77. The molecule has 0 radical (unpaired) electrons. The topological polar surface area (TPSA) is 29.1 Å². The molecule has 21 heavy (non-hydrogen) atoms. The fraction of sp³-hybridized carbons (Fsp3) is 0.133. The summed E-state index contributed by atoms with van der Waals surface area (Å²) in [6.45, 7) is 1.95. The minimum atomic E-state index is -0.784. The lowest BCUT2D eigenvalue weighted by Gasteiger charge is -2.08. The Morgan fingerprint density at radius 2 is 2.00 bits per heavy atom. The van der Waals surface area contributed by atoms with Crippen molar-refractivity contribution in [2.24, 2.45) is 0 Å². The normalized spacial score (nSPS) is 10.5. The molecule has 1 N–H and O–H groups in total. The Morgan fingerprint density at radius 3 is 2.67 bits per heavy atom. The van der Waals surface area contributed by atoms with Gasteiger partial charge in [0.2, 0.25) is 5.91 Å². The zero-order chi connectivity index (χ0) is 15.4. The molecule has 1 amide bonds. The number of halogens is 3. The standard InChI is InChI=1S/C15H12BrF2NOS/c1-9-6-10(16)2-5-14(9)21-8-15(20)19-13-4-3-11(17)7-12(13)18/h2-7H,8H2,1H3,(H,19,20). The lowest BCUT2D eigenvalue weighted by Crippen LogP contribution is -2.15. The summed E-state index contributed by atoms with van der Waals surface area (Å²) in [7, 11) is 0. The highest BCUT2D eigenvalue weighted by Crippen LogP contribution is 2.25. The van der Waals surface area contributed by atoms with Crippen molar-refractivity contribution in [3.8, 4) is 0 Å². The second-order valence-corrected chi connectivity index (χ2v) is 6.30. The van der Waals surface area contributed by atoms with E-state index in [1.165, 1.54) is 17.8 Å². The van der Waals surface area contributed by atoms with Crippen molar-refractivity contribution in [2.45, 2.75) is 11.8 Å². The number of anilines is 1. The molecular formula is C15H12BrF2NOS. The van der Waals surface area contributed by atoms with Crippen LogP contribution in [0.5, 0.6) is 0 Å². The first-order chi connectivity index (χ1) is 9.95. The van der Waals surface area contributed by atoms with Crippen LogP contribution in [-0.2, 0) is 4.79 Å². The Balaban J connectivity index is 1.96. The molecule has 0 bridgehead atoms. The number of hydrogen-bond donors (Lipinski definition) is 1. The van der Waals surface area contributed by atoms with E-state index in [1.54, 1.807) is 0 Å². The fourth-order valence-electron chi connectivity index (χ4n) is 1.70. The van der Waals surface area contributed by atoms with E-state index in [-0.39, 0.29) is 17.3 Å². The molecule has 0 unspecified atom stereocenters. The van der Waals surface area contributed by atoms with Crippen LogP contribution in [0.4, 0.5) is 14.5 Å². The van der Waals surface area contributed by atoms with E-state index >= 15 is 0 Å². The summed E-state index contributed by atoms with van der Waals surface area (Å²) in [5, 5.41) is 2.43. The van der Waals surface area contributed by atoms with Crippen molar-refractivity contribution in [3.63, 3.8) is 0 Å². The van der Waals surface area contributed by atoms with Crippen LogP contribution in [0, 0.1) is 18.6 Å². The summed E-state index contributed by atoms with van der Waals surface area (Å²) in [5.74, 6) is -1.65. The third-order valence-corrected chi connectivity index (χ3v) is 4.37. The van der Waals surface area contributed by atoms with Gasteiger partial charge in [-0.05, 0) is 42.8 Å². The first-order valence-corrected chi connectivity index (χ1v) is 7.87.